The molecule has 0 amide bonds. The van der Waals surface area contributed by atoms with Crippen molar-refractivity contribution in [3.8, 4) is 0 Å². The maximum absolute atomic E-state index is 13.0. The lowest BCUT2D eigenvalue weighted by atomic mass is 10.3. The van der Waals surface area contributed by atoms with E-state index in [-0.39, 0.29) is 6.54 Å². The van der Waals surface area contributed by atoms with Crippen LogP contribution < -0.4 is 0 Å². The van der Waals surface area contributed by atoms with Crippen LogP contribution in [0.1, 0.15) is 27.6 Å². The predicted octanol–water partition coefficient (Wildman–Crippen LogP) is 1.85. The fraction of sp³-hybridized carbons (Fsp3) is 0.400. The van der Waals surface area contributed by atoms with Crippen molar-refractivity contribution in [3.63, 3.8) is 0 Å². The molecule has 0 spiro atoms. The van der Waals surface area contributed by atoms with Crippen molar-refractivity contribution in [2.24, 2.45) is 7.05 Å². The third kappa shape index (κ3) is 2.77. The molecule has 0 aliphatic carbocycles. The summed E-state index contributed by atoms with van der Waals surface area (Å²) in [4.78, 5) is 10.8. The summed E-state index contributed by atoms with van der Waals surface area (Å²) in [6.07, 6.45) is -4.88. The first-order valence-corrected chi connectivity index (χ1v) is 6.34. The molecule has 21 heavy (non-hydrogen) atoms. The highest BCUT2D eigenvalue weighted by molar-refractivity contribution is 9.10. The van der Waals surface area contributed by atoms with Crippen molar-refractivity contribution < 1.29 is 23.1 Å². The highest BCUT2D eigenvalue weighted by Gasteiger charge is 2.41. The molecular weight excluding hydrogens is 359 g/mol. The molecule has 0 fully saturated rings. The molecule has 0 saturated heterocycles. The fourth-order valence-corrected chi connectivity index (χ4v) is 2.30. The average molecular weight is 368 g/mol. The van der Waals surface area contributed by atoms with E-state index >= 15 is 0 Å². The second-order valence-corrected chi connectivity index (χ2v) is 5.01. The Balaban J connectivity index is 2.53. The summed E-state index contributed by atoms with van der Waals surface area (Å²) in [7, 11) is 1.56. The van der Waals surface area contributed by atoms with E-state index in [0.29, 0.717) is 20.5 Å². The normalized spacial score (nSPS) is 11.9. The lowest BCUT2D eigenvalue weighted by Crippen LogP contribution is -2.20. The molecule has 11 heteroatoms. The topological polar surface area (TPSA) is 85.8 Å². The summed E-state index contributed by atoms with van der Waals surface area (Å²) in [6, 6.07) is 0. The maximum Gasteiger partial charge on any atom is 0.435 e. The minimum Gasteiger partial charge on any atom is -0.476 e. The quantitative estimate of drug-likeness (QED) is 0.894. The van der Waals surface area contributed by atoms with Crippen LogP contribution in [0.25, 0.3) is 0 Å². The van der Waals surface area contributed by atoms with E-state index in [1.54, 1.807) is 14.0 Å². The number of nitrogens with zero attached hydrogens (tertiary/aromatic N) is 5. The van der Waals surface area contributed by atoms with Crippen LogP contribution in [0.4, 0.5) is 13.2 Å². The number of aromatic carboxylic acids is 1. The first kappa shape index (κ1) is 15.5. The van der Waals surface area contributed by atoms with E-state index in [4.69, 9.17) is 5.11 Å². The number of hydrogen-bond donors (Lipinski definition) is 1. The van der Waals surface area contributed by atoms with Gasteiger partial charge in [0.1, 0.15) is 0 Å². The van der Waals surface area contributed by atoms with Gasteiger partial charge in [-0.05, 0) is 22.9 Å². The molecule has 0 aliphatic rings. The van der Waals surface area contributed by atoms with E-state index < -0.39 is 23.5 Å². The summed E-state index contributed by atoms with van der Waals surface area (Å²) in [5.74, 6) is -1.78. The van der Waals surface area contributed by atoms with E-state index in [0.717, 1.165) is 0 Å². The summed E-state index contributed by atoms with van der Waals surface area (Å²) in [5.41, 5.74) is -1.52. The molecule has 114 valence electrons. The largest absolute Gasteiger partial charge is 0.476 e. The Kier molecular flexibility index (Phi) is 3.78. The lowest BCUT2D eigenvalue weighted by Gasteiger charge is -2.10. The zero-order valence-electron chi connectivity index (χ0n) is 10.8. The van der Waals surface area contributed by atoms with Crippen LogP contribution >= 0.6 is 15.9 Å². The zero-order chi connectivity index (χ0) is 15.9. The van der Waals surface area contributed by atoms with Gasteiger partial charge in [-0.15, -0.1) is 5.10 Å². The molecule has 0 aromatic carbocycles. The molecule has 7 nitrogen and oxygen atoms in total. The van der Waals surface area contributed by atoms with Crippen molar-refractivity contribution in [3.05, 3.63) is 27.2 Å². The summed E-state index contributed by atoms with van der Waals surface area (Å²) in [6.45, 7) is 1.37. The molecule has 2 heterocycles. The summed E-state index contributed by atoms with van der Waals surface area (Å²) < 4.78 is 41.5. The van der Waals surface area contributed by atoms with Crippen LogP contribution in [0.2, 0.25) is 0 Å². The Morgan fingerprint density at radius 3 is 2.48 bits per heavy atom. The van der Waals surface area contributed by atoms with Gasteiger partial charge in [-0.2, -0.15) is 18.3 Å². The van der Waals surface area contributed by atoms with Crippen LogP contribution in [0, 0.1) is 6.92 Å². The van der Waals surface area contributed by atoms with E-state index in [9.17, 15) is 18.0 Å². The predicted molar refractivity (Wildman–Crippen MR) is 66.7 cm³/mol. The first-order chi connectivity index (χ1) is 9.62. The molecule has 2 rings (SSSR count). The Morgan fingerprint density at radius 2 is 2.05 bits per heavy atom. The van der Waals surface area contributed by atoms with Gasteiger partial charge in [0.05, 0.1) is 22.4 Å². The molecule has 2 aromatic rings. The van der Waals surface area contributed by atoms with Gasteiger partial charge in [-0.25, -0.2) is 9.48 Å². The number of aromatic nitrogens is 5. The van der Waals surface area contributed by atoms with Crippen LogP contribution in [-0.4, -0.2) is 35.9 Å². The monoisotopic (exact) mass is 367 g/mol. The molecule has 0 bridgehead atoms. The Labute approximate surface area is 124 Å². The Morgan fingerprint density at radius 1 is 1.43 bits per heavy atom. The number of carbonyl (C=O) groups is 1. The smallest absolute Gasteiger partial charge is 0.435 e. The molecule has 0 saturated carbocycles. The van der Waals surface area contributed by atoms with Gasteiger partial charge in [-0.3, -0.25) is 4.68 Å². The van der Waals surface area contributed by atoms with Crippen molar-refractivity contribution in [1.29, 1.82) is 0 Å². The van der Waals surface area contributed by atoms with Gasteiger partial charge in [0.2, 0.25) is 5.69 Å². The molecule has 2 aromatic heterocycles. The highest BCUT2D eigenvalue weighted by atomic mass is 79.9. The molecular formula is C10H9BrF3N5O2. The standard InChI is InChI=1S/C10H9BrF3N5O2/c1-4-6(11)5(18(2)16-4)3-19-8(10(12,13)14)7(9(20)21)15-17-19/h3H2,1-2H3,(H,20,21). The van der Waals surface area contributed by atoms with Gasteiger partial charge in [0.15, 0.2) is 5.69 Å². The van der Waals surface area contributed by atoms with Crippen molar-refractivity contribution in [2.75, 3.05) is 0 Å². The van der Waals surface area contributed by atoms with Crippen molar-refractivity contribution >= 4 is 21.9 Å². The van der Waals surface area contributed by atoms with Gasteiger partial charge in [0, 0.05) is 7.05 Å². The number of halogens is 4. The van der Waals surface area contributed by atoms with E-state index in [2.05, 4.69) is 31.3 Å². The lowest BCUT2D eigenvalue weighted by molar-refractivity contribution is -0.144. The number of carboxylic acid groups (broad SMARTS) is 1. The number of hydrogen-bond acceptors (Lipinski definition) is 4. The minimum absolute atomic E-state index is 0.312. The Bertz CT molecular complexity index is 706. The van der Waals surface area contributed by atoms with E-state index in [1.807, 2.05) is 0 Å². The van der Waals surface area contributed by atoms with Crippen LogP contribution in [-0.2, 0) is 19.8 Å². The number of rotatable bonds is 3. The number of alkyl halides is 3. The van der Waals surface area contributed by atoms with Gasteiger partial charge in [0.25, 0.3) is 0 Å². The number of aryl methyl sites for hydroxylation is 2. The number of carboxylic acids is 1. The molecule has 1 N–H and O–H groups in total. The highest BCUT2D eigenvalue weighted by Crippen LogP contribution is 2.32. The average Bonchev–Trinajstić information content (AvgIpc) is 2.86. The van der Waals surface area contributed by atoms with Gasteiger partial charge >= 0.3 is 12.1 Å². The van der Waals surface area contributed by atoms with Crippen LogP contribution in [0.3, 0.4) is 0 Å². The van der Waals surface area contributed by atoms with Crippen LogP contribution in [0.5, 0.6) is 0 Å². The second-order valence-electron chi connectivity index (χ2n) is 4.22. The second kappa shape index (κ2) is 5.13. The van der Waals surface area contributed by atoms with Gasteiger partial charge < -0.3 is 5.11 Å². The van der Waals surface area contributed by atoms with Crippen LogP contribution in [0.15, 0.2) is 4.47 Å². The molecule has 0 aliphatic heterocycles. The summed E-state index contributed by atoms with van der Waals surface area (Å²) in [5, 5.41) is 19.2. The fourth-order valence-electron chi connectivity index (χ4n) is 1.84. The summed E-state index contributed by atoms with van der Waals surface area (Å²) >= 11 is 3.23. The molecule has 0 radical (unpaired) electrons. The van der Waals surface area contributed by atoms with Crippen molar-refractivity contribution in [2.45, 2.75) is 19.6 Å². The third-order valence-corrected chi connectivity index (χ3v) is 3.80. The molecule has 0 unspecified atom stereocenters. The Hall–Kier alpha value is -1.91. The van der Waals surface area contributed by atoms with E-state index in [1.165, 1.54) is 4.68 Å². The zero-order valence-corrected chi connectivity index (χ0v) is 12.4. The third-order valence-electron chi connectivity index (χ3n) is 2.77. The van der Waals surface area contributed by atoms with Gasteiger partial charge in [-0.1, -0.05) is 5.21 Å². The SMILES string of the molecule is Cc1nn(C)c(Cn2nnc(C(=O)O)c2C(F)(F)F)c1Br. The first-order valence-electron chi connectivity index (χ1n) is 5.55. The minimum atomic E-state index is -4.88. The maximum atomic E-state index is 13.0. The molecule has 0 atom stereocenters. The van der Waals surface area contributed by atoms with Crippen molar-refractivity contribution in [1.82, 2.24) is 24.8 Å².